The van der Waals surface area contributed by atoms with Gasteiger partial charge in [0.25, 0.3) is 21.6 Å². The number of anilines is 2. The molecule has 0 saturated heterocycles. The first-order chi connectivity index (χ1) is 14.6. The Kier molecular flexibility index (Phi) is 6.28. The van der Waals surface area contributed by atoms with Crippen LogP contribution in [0.15, 0.2) is 65.6 Å². The van der Waals surface area contributed by atoms with E-state index in [9.17, 15) is 23.3 Å². The van der Waals surface area contributed by atoms with Gasteiger partial charge in [0.05, 0.1) is 15.5 Å². The van der Waals surface area contributed by atoms with Crippen LogP contribution in [0.2, 0.25) is 5.02 Å². The van der Waals surface area contributed by atoms with Crippen molar-refractivity contribution in [1.29, 1.82) is 0 Å². The van der Waals surface area contributed by atoms with E-state index in [0.29, 0.717) is 22.0 Å². The molecule has 8 nitrogen and oxygen atoms in total. The maximum Gasteiger partial charge on any atom is 0.272 e. The van der Waals surface area contributed by atoms with Gasteiger partial charge in [-0.1, -0.05) is 17.7 Å². The second-order valence-electron chi connectivity index (χ2n) is 6.81. The number of rotatable bonds is 6. The molecule has 3 aromatic rings. The number of hydrogen-bond acceptors (Lipinski definition) is 5. The highest BCUT2D eigenvalue weighted by Crippen LogP contribution is 2.24. The number of hydrogen-bond donors (Lipinski definition) is 2. The van der Waals surface area contributed by atoms with Gasteiger partial charge in [-0.2, -0.15) is 0 Å². The van der Waals surface area contributed by atoms with Gasteiger partial charge in [0.2, 0.25) is 0 Å². The quantitative estimate of drug-likeness (QED) is 0.400. The molecule has 0 aromatic heterocycles. The van der Waals surface area contributed by atoms with Crippen molar-refractivity contribution >= 4 is 44.6 Å². The molecule has 0 aliphatic heterocycles. The van der Waals surface area contributed by atoms with E-state index in [1.54, 1.807) is 19.1 Å². The van der Waals surface area contributed by atoms with Crippen LogP contribution in [0.3, 0.4) is 0 Å². The molecular formula is C21H18ClN3O5S. The smallest absolute Gasteiger partial charge is 0.272 e. The van der Waals surface area contributed by atoms with Gasteiger partial charge in [-0.05, 0) is 67.9 Å². The molecule has 0 aliphatic carbocycles. The lowest BCUT2D eigenvalue weighted by Gasteiger charge is -2.10. The summed E-state index contributed by atoms with van der Waals surface area (Å²) in [5.74, 6) is -0.471. The first kappa shape index (κ1) is 22.3. The van der Waals surface area contributed by atoms with E-state index < -0.39 is 20.9 Å². The number of nitrogens with zero attached hydrogens (tertiary/aromatic N) is 1. The van der Waals surface area contributed by atoms with E-state index in [1.807, 2.05) is 6.92 Å². The predicted molar refractivity (Wildman–Crippen MR) is 119 cm³/mol. The maximum atomic E-state index is 12.6. The second-order valence-corrected chi connectivity index (χ2v) is 8.90. The Balaban J connectivity index is 1.73. The van der Waals surface area contributed by atoms with E-state index >= 15 is 0 Å². The minimum atomic E-state index is -3.84. The van der Waals surface area contributed by atoms with Crippen molar-refractivity contribution in [2.75, 3.05) is 10.0 Å². The summed E-state index contributed by atoms with van der Waals surface area (Å²) >= 11 is 6.03. The molecular weight excluding hydrogens is 442 g/mol. The van der Waals surface area contributed by atoms with Crippen LogP contribution in [0.1, 0.15) is 21.5 Å². The van der Waals surface area contributed by atoms with Crippen LogP contribution in [0.5, 0.6) is 0 Å². The topological polar surface area (TPSA) is 118 Å². The molecule has 2 N–H and O–H groups in total. The summed E-state index contributed by atoms with van der Waals surface area (Å²) in [7, 11) is -3.84. The lowest BCUT2D eigenvalue weighted by molar-refractivity contribution is -0.385. The lowest BCUT2D eigenvalue weighted by Crippen LogP contribution is -2.14. The first-order valence-electron chi connectivity index (χ1n) is 9.02. The third kappa shape index (κ3) is 5.19. The van der Waals surface area contributed by atoms with Crippen LogP contribution >= 0.6 is 11.6 Å². The summed E-state index contributed by atoms with van der Waals surface area (Å²) < 4.78 is 27.6. The van der Waals surface area contributed by atoms with E-state index in [0.717, 1.165) is 5.56 Å². The van der Waals surface area contributed by atoms with Gasteiger partial charge in [-0.15, -0.1) is 0 Å². The van der Waals surface area contributed by atoms with Crippen molar-refractivity contribution in [2.24, 2.45) is 0 Å². The van der Waals surface area contributed by atoms with Crippen molar-refractivity contribution in [3.05, 3.63) is 92.5 Å². The number of nitro groups is 1. The monoisotopic (exact) mass is 459 g/mol. The Labute approximate surface area is 184 Å². The molecule has 0 radical (unpaired) electrons. The number of nitrogens with one attached hydrogen (secondary N) is 2. The van der Waals surface area contributed by atoms with Crippen molar-refractivity contribution in [3.63, 3.8) is 0 Å². The van der Waals surface area contributed by atoms with Crippen LogP contribution < -0.4 is 10.0 Å². The van der Waals surface area contributed by atoms with E-state index in [-0.39, 0.29) is 16.1 Å². The zero-order valence-corrected chi connectivity index (χ0v) is 18.1. The third-order valence-corrected chi connectivity index (χ3v) is 6.31. The molecule has 0 unspecified atom stereocenters. The highest BCUT2D eigenvalue weighted by Gasteiger charge is 2.16. The van der Waals surface area contributed by atoms with E-state index in [2.05, 4.69) is 10.0 Å². The molecule has 0 saturated carbocycles. The highest BCUT2D eigenvalue weighted by atomic mass is 35.5. The molecule has 0 heterocycles. The van der Waals surface area contributed by atoms with Crippen LogP contribution in [-0.4, -0.2) is 19.2 Å². The average Bonchev–Trinajstić information content (AvgIpc) is 2.70. The third-order valence-electron chi connectivity index (χ3n) is 4.50. The Hall–Kier alpha value is -3.43. The molecule has 0 aliphatic rings. The summed E-state index contributed by atoms with van der Waals surface area (Å²) in [6, 6.07) is 14.5. The van der Waals surface area contributed by atoms with Gasteiger partial charge in [0.15, 0.2) is 0 Å². The molecule has 0 spiro atoms. The Morgan fingerprint density at radius 2 is 1.58 bits per heavy atom. The highest BCUT2D eigenvalue weighted by molar-refractivity contribution is 7.92. The van der Waals surface area contributed by atoms with Crippen LogP contribution in [0.25, 0.3) is 0 Å². The zero-order valence-electron chi connectivity index (χ0n) is 16.5. The number of amides is 1. The zero-order chi connectivity index (χ0) is 22.8. The summed E-state index contributed by atoms with van der Waals surface area (Å²) in [5.41, 5.74) is 2.07. The fourth-order valence-electron chi connectivity index (χ4n) is 2.79. The first-order valence-corrected chi connectivity index (χ1v) is 10.9. The fraction of sp³-hybridized carbons (Fsp3) is 0.0952. The van der Waals surface area contributed by atoms with Crippen molar-refractivity contribution in [2.45, 2.75) is 18.7 Å². The van der Waals surface area contributed by atoms with E-state index in [1.165, 1.54) is 48.5 Å². The van der Waals surface area contributed by atoms with Gasteiger partial charge in [0, 0.05) is 27.9 Å². The second kappa shape index (κ2) is 8.75. The Morgan fingerprint density at radius 3 is 2.16 bits per heavy atom. The Morgan fingerprint density at radius 1 is 0.935 bits per heavy atom. The summed E-state index contributed by atoms with van der Waals surface area (Å²) in [6.45, 7) is 3.36. The predicted octanol–water partition coefficient (Wildman–Crippen LogP) is 4.92. The van der Waals surface area contributed by atoms with Gasteiger partial charge in [0.1, 0.15) is 0 Å². The average molecular weight is 460 g/mol. The van der Waals surface area contributed by atoms with Gasteiger partial charge in [-0.3, -0.25) is 19.6 Å². The minimum absolute atomic E-state index is 0.00776. The van der Waals surface area contributed by atoms with Gasteiger partial charge < -0.3 is 5.32 Å². The molecule has 0 fully saturated rings. The number of halogens is 1. The number of nitro benzene ring substituents is 1. The van der Waals surface area contributed by atoms with Gasteiger partial charge in [-0.25, -0.2) is 8.42 Å². The van der Waals surface area contributed by atoms with Crippen molar-refractivity contribution in [3.8, 4) is 0 Å². The minimum Gasteiger partial charge on any atom is -0.322 e. The number of carbonyl (C=O) groups is 1. The number of sulfonamides is 1. The molecule has 160 valence electrons. The lowest BCUT2D eigenvalue weighted by atomic mass is 10.1. The largest absolute Gasteiger partial charge is 0.322 e. The molecule has 1 amide bonds. The molecule has 3 rings (SSSR count). The summed E-state index contributed by atoms with van der Waals surface area (Å²) in [4.78, 5) is 22.8. The molecule has 0 atom stereocenters. The number of aryl methyl sites for hydroxylation is 2. The number of carbonyl (C=O) groups excluding carboxylic acids is 1. The normalized spacial score (nSPS) is 11.1. The van der Waals surface area contributed by atoms with Crippen molar-refractivity contribution < 1.29 is 18.1 Å². The molecule has 3 aromatic carbocycles. The molecule has 0 bridgehead atoms. The Bertz CT molecular complexity index is 1270. The van der Waals surface area contributed by atoms with Crippen LogP contribution in [0.4, 0.5) is 17.1 Å². The SMILES string of the molecule is Cc1ccc(NS(=O)(=O)c2ccc(NC(=O)c3ccc([N+](=O)[O-])c(C)c3)cc2)cc1Cl. The van der Waals surface area contributed by atoms with Crippen LogP contribution in [0, 0.1) is 24.0 Å². The maximum absolute atomic E-state index is 12.6. The van der Waals surface area contributed by atoms with Crippen molar-refractivity contribution in [1.82, 2.24) is 0 Å². The molecule has 10 heteroatoms. The summed E-state index contributed by atoms with van der Waals surface area (Å²) in [5, 5.41) is 14.0. The van der Waals surface area contributed by atoms with Crippen LogP contribution in [-0.2, 0) is 10.0 Å². The standard InChI is InChI=1S/C21H18ClN3O5S/c1-13-3-5-17(12-19(13)22)24-31(29,30)18-8-6-16(7-9-18)23-21(26)15-4-10-20(25(27)28)14(2)11-15/h3-12,24H,1-2H3,(H,23,26). The van der Waals surface area contributed by atoms with Gasteiger partial charge >= 0.3 is 0 Å². The fourth-order valence-corrected chi connectivity index (χ4v) is 4.02. The number of benzene rings is 3. The molecule has 31 heavy (non-hydrogen) atoms. The van der Waals surface area contributed by atoms with E-state index in [4.69, 9.17) is 11.6 Å². The summed E-state index contributed by atoms with van der Waals surface area (Å²) in [6.07, 6.45) is 0.